The Bertz CT molecular complexity index is 189. The highest BCUT2D eigenvalue weighted by atomic mass is 16.5. The molecule has 0 aromatic rings. The Morgan fingerprint density at radius 3 is 2.70 bits per heavy atom. The molecule has 1 aliphatic rings. The largest absolute Gasteiger partial charge is 0.628 e. The lowest BCUT2D eigenvalue weighted by molar-refractivity contribution is -0.832. The zero-order valence-electron chi connectivity index (χ0n) is 5.63. The molecule has 2 atom stereocenters. The van der Waals surface area contributed by atoms with Crippen LogP contribution < -0.4 is 5.06 Å². The highest BCUT2D eigenvalue weighted by molar-refractivity contribution is 5.77. The van der Waals surface area contributed by atoms with Crippen molar-refractivity contribution in [3.05, 3.63) is 17.5 Å². The van der Waals surface area contributed by atoms with Gasteiger partial charge >= 0.3 is 5.97 Å². The first kappa shape index (κ1) is 7.24. The van der Waals surface area contributed by atoms with Gasteiger partial charge in [-0.1, -0.05) is 0 Å². The normalized spacial score (nSPS) is 38.4. The van der Waals surface area contributed by atoms with Gasteiger partial charge in [0.25, 0.3) is 0 Å². The number of carboxylic acid groups (broad SMARTS) is 1. The number of hydroxylamine groups is 2. The van der Waals surface area contributed by atoms with Gasteiger partial charge in [-0.25, -0.2) is 4.79 Å². The van der Waals surface area contributed by atoms with Crippen LogP contribution in [0.15, 0.2) is 12.3 Å². The molecular formula is C6H9NO3. The number of hydrogen-bond acceptors (Lipinski definition) is 2. The second-order valence-corrected chi connectivity index (χ2v) is 2.61. The monoisotopic (exact) mass is 143 g/mol. The number of quaternary nitrogens is 1. The van der Waals surface area contributed by atoms with Gasteiger partial charge in [0.2, 0.25) is 0 Å². The lowest BCUT2D eigenvalue weighted by Gasteiger charge is -2.29. The van der Waals surface area contributed by atoms with Crippen LogP contribution in [0.3, 0.4) is 0 Å². The zero-order chi connectivity index (χ0) is 7.78. The van der Waals surface area contributed by atoms with Crippen LogP contribution in [0.25, 0.3) is 0 Å². The van der Waals surface area contributed by atoms with Crippen LogP contribution in [0.4, 0.5) is 0 Å². The minimum Gasteiger partial charge on any atom is -0.628 e. The van der Waals surface area contributed by atoms with Crippen molar-refractivity contribution < 1.29 is 15.0 Å². The molecule has 2 unspecified atom stereocenters. The maximum absolute atomic E-state index is 10.9. The SMILES string of the molecule is CC1(C(=O)O)CC=C[NH+]1[O-]. The fraction of sp³-hybridized carbons (Fsp3) is 0.500. The molecule has 0 aromatic heterocycles. The third-order valence-electron chi connectivity index (χ3n) is 1.81. The molecule has 2 N–H and O–H groups in total. The Labute approximate surface area is 58.3 Å². The molecule has 4 nitrogen and oxygen atoms in total. The molecule has 56 valence electrons. The van der Waals surface area contributed by atoms with Gasteiger partial charge in [0.05, 0.1) is 6.20 Å². The number of carboxylic acids is 1. The molecule has 0 radical (unpaired) electrons. The number of aliphatic carboxylic acids is 1. The van der Waals surface area contributed by atoms with Crippen molar-refractivity contribution in [3.8, 4) is 0 Å². The minimum absolute atomic E-state index is 0.306. The van der Waals surface area contributed by atoms with Gasteiger partial charge in [-0.15, -0.1) is 0 Å². The third kappa shape index (κ3) is 0.815. The topological polar surface area (TPSA) is 64.8 Å². The maximum Gasteiger partial charge on any atom is 0.366 e. The quantitative estimate of drug-likeness (QED) is 0.469. The van der Waals surface area contributed by atoms with Crippen LogP contribution in [0.2, 0.25) is 0 Å². The molecule has 0 spiro atoms. The van der Waals surface area contributed by atoms with E-state index in [0.717, 1.165) is 0 Å². The lowest BCUT2D eigenvalue weighted by Crippen LogP contribution is -3.11. The van der Waals surface area contributed by atoms with E-state index in [9.17, 15) is 10.0 Å². The highest BCUT2D eigenvalue weighted by Crippen LogP contribution is 2.10. The first-order valence-corrected chi connectivity index (χ1v) is 3.02. The van der Waals surface area contributed by atoms with Crippen LogP contribution in [-0.2, 0) is 4.79 Å². The second kappa shape index (κ2) is 2.07. The van der Waals surface area contributed by atoms with Gasteiger partial charge in [-0.3, -0.25) is 0 Å². The molecule has 0 aliphatic carbocycles. The third-order valence-corrected chi connectivity index (χ3v) is 1.81. The van der Waals surface area contributed by atoms with E-state index in [1.807, 2.05) is 0 Å². The number of carbonyl (C=O) groups is 1. The molecule has 4 heteroatoms. The summed E-state index contributed by atoms with van der Waals surface area (Å²) >= 11 is 0. The summed E-state index contributed by atoms with van der Waals surface area (Å²) < 4.78 is 0. The lowest BCUT2D eigenvalue weighted by atomic mass is 10.0. The summed E-state index contributed by atoms with van der Waals surface area (Å²) in [5.74, 6) is -1.04. The first-order valence-electron chi connectivity index (χ1n) is 3.02. The Kier molecular flexibility index (Phi) is 1.50. The van der Waals surface area contributed by atoms with Crippen molar-refractivity contribution in [2.24, 2.45) is 0 Å². The Hall–Kier alpha value is -0.870. The number of rotatable bonds is 1. The van der Waals surface area contributed by atoms with Crippen LogP contribution in [-0.4, -0.2) is 16.6 Å². The van der Waals surface area contributed by atoms with E-state index in [-0.39, 0.29) is 5.06 Å². The molecule has 0 amide bonds. The molecule has 10 heavy (non-hydrogen) atoms. The smallest absolute Gasteiger partial charge is 0.366 e. The summed E-state index contributed by atoms with van der Waals surface area (Å²) in [6, 6.07) is 0. The van der Waals surface area contributed by atoms with Gasteiger partial charge in [0, 0.05) is 13.3 Å². The average molecular weight is 143 g/mol. The average Bonchev–Trinajstić information content (AvgIpc) is 2.15. The van der Waals surface area contributed by atoms with Crippen molar-refractivity contribution in [2.45, 2.75) is 18.9 Å². The van der Waals surface area contributed by atoms with Crippen molar-refractivity contribution in [1.29, 1.82) is 0 Å². The van der Waals surface area contributed by atoms with Gasteiger partial charge in [0.1, 0.15) is 0 Å². The first-order chi connectivity index (χ1) is 4.57. The maximum atomic E-state index is 10.9. The van der Waals surface area contributed by atoms with Crippen LogP contribution in [0, 0.1) is 5.21 Å². The predicted octanol–water partition coefficient (Wildman–Crippen LogP) is -0.870. The molecule has 0 fully saturated rings. The Balaban J connectivity index is 2.80. The van der Waals surface area contributed by atoms with E-state index in [0.29, 0.717) is 6.42 Å². The summed E-state index contributed by atoms with van der Waals surface area (Å²) in [5.41, 5.74) is -1.18. The van der Waals surface area contributed by atoms with Crippen molar-refractivity contribution >= 4 is 5.97 Å². The molecule has 1 heterocycles. The number of hydrogen-bond donors (Lipinski definition) is 2. The predicted molar refractivity (Wildman–Crippen MR) is 34.1 cm³/mol. The number of nitrogens with one attached hydrogen (secondary N) is 1. The molecule has 1 aliphatic heterocycles. The summed E-state index contributed by atoms with van der Waals surface area (Å²) in [6.07, 6.45) is 3.24. The van der Waals surface area contributed by atoms with Crippen LogP contribution in [0.5, 0.6) is 0 Å². The zero-order valence-corrected chi connectivity index (χ0v) is 5.63. The summed E-state index contributed by atoms with van der Waals surface area (Å²) in [7, 11) is 0. The molecule has 1 rings (SSSR count). The van der Waals surface area contributed by atoms with Crippen molar-refractivity contribution in [3.63, 3.8) is 0 Å². The summed E-state index contributed by atoms with van der Waals surface area (Å²) in [4.78, 5) is 10.5. The fourth-order valence-corrected chi connectivity index (χ4v) is 0.879. The van der Waals surface area contributed by atoms with Gasteiger partial charge in [0.15, 0.2) is 5.54 Å². The standard InChI is InChI=1S/C6H9NO3/c1-6(5(8)9)3-2-4-7(6)10/h2,4,7H,3H2,1H3,(H,8,9). The molecule has 0 saturated heterocycles. The Morgan fingerprint density at radius 1 is 1.90 bits per heavy atom. The molecule has 0 bridgehead atoms. The molecule has 0 saturated carbocycles. The van der Waals surface area contributed by atoms with E-state index in [1.54, 1.807) is 6.08 Å². The van der Waals surface area contributed by atoms with Crippen molar-refractivity contribution in [2.75, 3.05) is 0 Å². The second-order valence-electron chi connectivity index (χ2n) is 2.61. The minimum atomic E-state index is -1.18. The van der Waals surface area contributed by atoms with E-state index in [2.05, 4.69) is 0 Å². The summed E-state index contributed by atoms with van der Waals surface area (Å²) in [6.45, 7) is 1.44. The van der Waals surface area contributed by atoms with Gasteiger partial charge in [-0.05, 0) is 6.08 Å². The highest BCUT2D eigenvalue weighted by Gasteiger charge is 2.41. The molecular weight excluding hydrogens is 134 g/mol. The van der Waals surface area contributed by atoms with E-state index in [4.69, 9.17) is 5.11 Å². The van der Waals surface area contributed by atoms with E-state index >= 15 is 0 Å². The Morgan fingerprint density at radius 2 is 2.50 bits per heavy atom. The van der Waals surface area contributed by atoms with E-state index in [1.165, 1.54) is 13.1 Å². The van der Waals surface area contributed by atoms with Gasteiger partial charge in [-0.2, -0.15) is 0 Å². The van der Waals surface area contributed by atoms with E-state index < -0.39 is 11.5 Å². The van der Waals surface area contributed by atoms with Crippen molar-refractivity contribution in [1.82, 2.24) is 0 Å². The fourth-order valence-electron chi connectivity index (χ4n) is 0.879. The molecule has 0 aromatic carbocycles. The van der Waals surface area contributed by atoms with Gasteiger partial charge < -0.3 is 15.4 Å². The van der Waals surface area contributed by atoms with Crippen LogP contribution >= 0.6 is 0 Å². The summed E-state index contributed by atoms with van der Waals surface area (Å²) in [5, 5.41) is 19.1. The van der Waals surface area contributed by atoms with Crippen LogP contribution in [0.1, 0.15) is 13.3 Å².